The summed E-state index contributed by atoms with van der Waals surface area (Å²) >= 11 is 12.1. The third-order valence-corrected chi connectivity index (χ3v) is 5.00. The van der Waals surface area contributed by atoms with Crippen LogP contribution in [-0.4, -0.2) is 24.3 Å². The van der Waals surface area contributed by atoms with Gasteiger partial charge in [0.25, 0.3) is 0 Å². The first-order valence-corrected chi connectivity index (χ1v) is 6.72. The Labute approximate surface area is 123 Å². The zero-order valence-electron chi connectivity index (χ0n) is 9.83. The Kier molecular flexibility index (Phi) is 4.15. The van der Waals surface area contributed by atoms with Gasteiger partial charge in [-0.1, -0.05) is 29.3 Å². The quantitative estimate of drug-likeness (QED) is 0.836. The second-order valence-corrected chi connectivity index (χ2v) is 6.02. The van der Waals surface area contributed by atoms with E-state index in [4.69, 9.17) is 23.2 Å². The second kappa shape index (κ2) is 5.18. The molecule has 0 spiro atoms. The number of aliphatic hydroxyl groups is 1. The maximum atomic E-state index is 9.90. The highest BCUT2D eigenvalue weighted by Gasteiger charge is 2.50. The van der Waals surface area contributed by atoms with E-state index in [0.717, 1.165) is 25.9 Å². The lowest BCUT2D eigenvalue weighted by molar-refractivity contribution is 0.170. The summed E-state index contributed by atoms with van der Waals surface area (Å²) in [4.78, 5) is 0. The van der Waals surface area contributed by atoms with E-state index in [1.165, 1.54) is 5.56 Å². The van der Waals surface area contributed by atoms with Crippen LogP contribution in [0, 0.1) is 5.92 Å². The van der Waals surface area contributed by atoms with E-state index in [1.807, 2.05) is 18.2 Å². The Balaban J connectivity index is 0.00000120. The zero-order valence-corrected chi connectivity index (χ0v) is 12.2. The van der Waals surface area contributed by atoms with E-state index >= 15 is 0 Å². The summed E-state index contributed by atoms with van der Waals surface area (Å²) in [6, 6.07) is 5.86. The molecule has 100 valence electrons. The molecular formula is C13H16Cl3NO. The van der Waals surface area contributed by atoms with Gasteiger partial charge < -0.3 is 10.4 Å². The molecule has 1 saturated heterocycles. The Bertz CT molecular complexity index is 454. The van der Waals surface area contributed by atoms with Crippen LogP contribution in [0.1, 0.15) is 18.4 Å². The van der Waals surface area contributed by atoms with Crippen molar-refractivity contribution in [2.75, 3.05) is 13.1 Å². The Hall–Kier alpha value is 0.01000. The van der Waals surface area contributed by atoms with Gasteiger partial charge >= 0.3 is 0 Å². The molecule has 1 aliphatic heterocycles. The first-order chi connectivity index (χ1) is 8.12. The summed E-state index contributed by atoms with van der Waals surface area (Å²) in [5.41, 5.74) is 1.26. The highest BCUT2D eigenvalue weighted by Crippen LogP contribution is 2.48. The van der Waals surface area contributed by atoms with Crippen molar-refractivity contribution in [2.24, 2.45) is 5.92 Å². The number of aliphatic hydroxyl groups excluding tert-OH is 1. The van der Waals surface area contributed by atoms with Crippen LogP contribution in [0.15, 0.2) is 18.2 Å². The van der Waals surface area contributed by atoms with E-state index in [1.54, 1.807) is 0 Å². The van der Waals surface area contributed by atoms with E-state index in [0.29, 0.717) is 16.0 Å². The summed E-state index contributed by atoms with van der Waals surface area (Å²) < 4.78 is 0. The van der Waals surface area contributed by atoms with Gasteiger partial charge in [-0.25, -0.2) is 0 Å². The van der Waals surface area contributed by atoms with Gasteiger partial charge in [0.1, 0.15) is 0 Å². The van der Waals surface area contributed by atoms with Gasteiger partial charge in [-0.3, -0.25) is 0 Å². The van der Waals surface area contributed by atoms with Crippen LogP contribution in [-0.2, 0) is 5.41 Å². The molecule has 1 aromatic rings. The maximum absolute atomic E-state index is 9.90. The van der Waals surface area contributed by atoms with E-state index in [9.17, 15) is 5.11 Å². The first kappa shape index (κ1) is 14.4. The van der Waals surface area contributed by atoms with Crippen molar-refractivity contribution >= 4 is 35.6 Å². The Morgan fingerprint density at radius 2 is 2.06 bits per heavy atom. The molecule has 0 radical (unpaired) electrons. The molecule has 0 unspecified atom stereocenters. The molecular weight excluding hydrogens is 293 g/mol. The molecule has 0 amide bonds. The summed E-state index contributed by atoms with van der Waals surface area (Å²) in [5, 5.41) is 14.5. The summed E-state index contributed by atoms with van der Waals surface area (Å²) in [5.74, 6) is 0.509. The largest absolute Gasteiger partial charge is 0.393 e. The first-order valence-electron chi connectivity index (χ1n) is 5.96. The average molecular weight is 309 g/mol. The van der Waals surface area contributed by atoms with Crippen LogP contribution in [0.2, 0.25) is 10.0 Å². The van der Waals surface area contributed by atoms with Gasteiger partial charge in [-0.2, -0.15) is 0 Å². The third-order valence-electron chi connectivity index (χ3n) is 4.26. The van der Waals surface area contributed by atoms with Gasteiger partial charge in [-0.05, 0) is 43.0 Å². The molecule has 1 aliphatic carbocycles. The molecule has 3 rings (SSSR count). The minimum atomic E-state index is -0.184. The smallest absolute Gasteiger partial charge is 0.0595 e. The molecule has 0 aromatic heterocycles. The van der Waals surface area contributed by atoms with Crippen LogP contribution < -0.4 is 5.32 Å². The number of fused-ring (bicyclic) bond motifs is 1. The van der Waals surface area contributed by atoms with Crippen molar-refractivity contribution in [1.29, 1.82) is 0 Å². The summed E-state index contributed by atoms with van der Waals surface area (Å²) in [7, 11) is 0. The Morgan fingerprint density at radius 3 is 2.78 bits per heavy atom. The van der Waals surface area contributed by atoms with Crippen molar-refractivity contribution in [3.8, 4) is 0 Å². The highest BCUT2D eigenvalue weighted by molar-refractivity contribution is 6.42. The van der Waals surface area contributed by atoms with Gasteiger partial charge in [-0.15, -0.1) is 12.4 Å². The standard InChI is InChI=1S/C13H15Cl2NO.ClH/c14-11-2-1-8(4-12(11)15)13-5-10(17)3-9(13)6-16-7-13;/h1-2,4,9-10,16-17H,3,5-7H2;1H/t9-,10-,13+;/m0./s1. The predicted molar refractivity (Wildman–Crippen MR) is 77.0 cm³/mol. The lowest BCUT2D eigenvalue weighted by atomic mass is 9.74. The maximum Gasteiger partial charge on any atom is 0.0595 e. The molecule has 2 aliphatic rings. The van der Waals surface area contributed by atoms with Crippen LogP contribution in [0.5, 0.6) is 0 Å². The molecule has 1 heterocycles. The fraction of sp³-hybridized carbons (Fsp3) is 0.538. The van der Waals surface area contributed by atoms with Crippen molar-refractivity contribution < 1.29 is 5.11 Å². The van der Waals surface area contributed by atoms with Gasteiger partial charge in [0.05, 0.1) is 16.1 Å². The fourth-order valence-corrected chi connectivity index (χ4v) is 3.75. The Morgan fingerprint density at radius 1 is 1.28 bits per heavy atom. The monoisotopic (exact) mass is 307 g/mol. The number of hydrogen-bond acceptors (Lipinski definition) is 2. The lowest BCUT2D eigenvalue weighted by Crippen LogP contribution is -2.31. The van der Waals surface area contributed by atoms with Gasteiger partial charge in [0, 0.05) is 12.0 Å². The molecule has 2 nitrogen and oxygen atoms in total. The molecule has 5 heteroatoms. The van der Waals surface area contributed by atoms with Gasteiger partial charge in [0.2, 0.25) is 0 Å². The lowest BCUT2D eigenvalue weighted by Gasteiger charge is -2.29. The number of benzene rings is 1. The highest BCUT2D eigenvalue weighted by atomic mass is 35.5. The fourth-order valence-electron chi connectivity index (χ4n) is 3.45. The van der Waals surface area contributed by atoms with Crippen LogP contribution in [0.4, 0.5) is 0 Å². The molecule has 2 N–H and O–H groups in total. The molecule has 3 atom stereocenters. The SMILES string of the molecule is Cl.O[C@H]1C[C@H]2CNC[C@@]2(c2ccc(Cl)c(Cl)c2)C1. The number of hydrogen-bond donors (Lipinski definition) is 2. The van der Waals surface area contributed by atoms with Crippen molar-refractivity contribution in [3.63, 3.8) is 0 Å². The van der Waals surface area contributed by atoms with Gasteiger partial charge in [0.15, 0.2) is 0 Å². The van der Waals surface area contributed by atoms with Crippen LogP contribution in [0.25, 0.3) is 0 Å². The van der Waals surface area contributed by atoms with Crippen molar-refractivity contribution in [3.05, 3.63) is 33.8 Å². The van der Waals surface area contributed by atoms with Crippen LogP contribution >= 0.6 is 35.6 Å². The van der Waals surface area contributed by atoms with E-state index in [2.05, 4.69) is 5.32 Å². The molecule has 1 saturated carbocycles. The predicted octanol–water partition coefficient (Wildman–Crippen LogP) is 3.03. The van der Waals surface area contributed by atoms with Crippen molar-refractivity contribution in [2.45, 2.75) is 24.4 Å². The molecule has 0 bridgehead atoms. The minimum Gasteiger partial charge on any atom is -0.393 e. The molecule has 18 heavy (non-hydrogen) atoms. The zero-order chi connectivity index (χ0) is 12.0. The van der Waals surface area contributed by atoms with E-state index in [-0.39, 0.29) is 23.9 Å². The number of halogens is 3. The number of rotatable bonds is 1. The summed E-state index contributed by atoms with van der Waals surface area (Å²) in [6.07, 6.45) is 1.52. The third kappa shape index (κ3) is 2.14. The minimum absolute atomic E-state index is 0. The topological polar surface area (TPSA) is 32.3 Å². The van der Waals surface area contributed by atoms with Crippen LogP contribution in [0.3, 0.4) is 0 Å². The summed E-state index contributed by atoms with van der Waals surface area (Å²) in [6.45, 7) is 1.91. The van der Waals surface area contributed by atoms with E-state index < -0.39 is 0 Å². The number of nitrogens with one attached hydrogen (secondary N) is 1. The normalized spacial score (nSPS) is 34.2. The molecule has 1 aromatic carbocycles. The van der Waals surface area contributed by atoms with Crippen molar-refractivity contribution in [1.82, 2.24) is 5.32 Å². The average Bonchev–Trinajstić information content (AvgIpc) is 2.78. The second-order valence-electron chi connectivity index (χ2n) is 5.21. The molecule has 2 fully saturated rings.